The zero-order valence-electron chi connectivity index (χ0n) is 12.4. The third kappa shape index (κ3) is 5.47. The Balaban J connectivity index is 2.36. The summed E-state index contributed by atoms with van der Waals surface area (Å²) in [5, 5.41) is 13.7. The van der Waals surface area contributed by atoms with Crippen LogP contribution in [-0.4, -0.2) is 61.9 Å². The number of esters is 1. The van der Waals surface area contributed by atoms with E-state index in [1.54, 1.807) is 0 Å². The first-order valence-corrected chi connectivity index (χ1v) is 7.23. The third-order valence-electron chi connectivity index (χ3n) is 3.84. The van der Waals surface area contributed by atoms with Crippen molar-refractivity contribution in [3.63, 3.8) is 0 Å². The van der Waals surface area contributed by atoms with Crippen LogP contribution in [0, 0.1) is 5.92 Å². The molecule has 0 spiro atoms. The predicted molar refractivity (Wildman–Crippen MR) is 75.0 cm³/mol. The number of ether oxygens (including phenoxy) is 1. The van der Waals surface area contributed by atoms with Crippen LogP contribution in [0.4, 0.5) is 0 Å². The summed E-state index contributed by atoms with van der Waals surface area (Å²) in [6.45, 7) is 4.77. The molecule has 0 saturated heterocycles. The first-order valence-electron chi connectivity index (χ1n) is 7.23. The summed E-state index contributed by atoms with van der Waals surface area (Å²) in [5.41, 5.74) is -0.647. The lowest BCUT2D eigenvalue weighted by Gasteiger charge is -2.37. The summed E-state index contributed by atoms with van der Waals surface area (Å²) in [6, 6.07) is 0. The van der Waals surface area contributed by atoms with Crippen LogP contribution in [0.5, 0.6) is 0 Å². The van der Waals surface area contributed by atoms with Crippen LogP contribution in [-0.2, 0) is 9.53 Å². The van der Waals surface area contributed by atoms with Gasteiger partial charge in [-0.25, -0.2) is 0 Å². The van der Waals surface area contributed by atoms with Crippen LogP contribution in [0.15, 0.2) is 0 Å². The van der Waals surface area contributed by atoms with Gasteiger partial charge >= 0.3 is 5.97 Å². The molecular formula is C14H28N2O3. The maximum Gasteiger partial charge on any atom is 0.308 e. The lowest BCUT2D eigenvalue weighted by atomic mass is 9.78. The highest BCUT2D eigenvalue weighted by Gasteiger charge is 2.36. The molecule has 0 atom stereocenters. The van der Waals surface area contributed by atoms with Gasteiger partial charge in [-0.3, -0.25) is 4.79 Å². The smallest absolute Gasteiger partial charge is 0.308 e. The number of hydrogen-bond donors (Lipinski definition) is 2. The SMILES string of the molecule is CCOC(=O)C1CCC(O)(CN(C)CCNC)CC1. The van der Waals surface area contributed by atoms with Gasteiger partial charge in [0.15, 0.2) is 0 Å². The molecule has 0 bridgehead atoms. The summed E-state index contributed by atoms with van der Waals surface area (Å²) >= 11 is 0. The highest BCUT2D eigenvalue weighted by molar-refractivity contribution is 5.72. The van der Waals surface area contributed by atoms with E-state index in [0.717, 1.165) is 25.9 Å². The molecule has 1 saturated carbocycles. The molecule has 112 valence electrons. The Morgan fingerprint density at radius 1 is 1.47 bits per heavy atom. The lowest BCUT2D eigenvalue weighted by Crippen LogP contribution is -2.46. The molecule has 2 N–H and O–H groups in total. The fraction of sp³-hybridized carbons (Fsp3) is 0.929. The molecule has 1 rings (SSSR count). The highest BCUT2D eigenvalue weighted by atomic mass is 16.5. The van der Waals surface area contributed by atoms with Gasteiger partial charge in [0, 0.05) is 19.6 Å². The van der Waals surface area contributed by atoms with Crippen LogP contribution < -0.4 is 5.32 Å². The van der Waals surface area contributed by atoms with Crippen molar-refractivity contribution in [1.29, 1.82) is 0 Å². The van der Waals surface area contributed by atoms with Crippen LogP contribution in [0.3, 0.4) is 0 Å². The van der Waals surface area contributed by atoms with E-state index < -0.39 is 5.60 Å². The van der Waals surface area contributed by atoms with Gasteiger partial charge in [0.1, 0.15) is 0 Å². The monoisotopic (exact) mass is 272 g/mol. The van der Waals surface area contributed by atoms with E-state index in [9.17, 15) is 9.90 Å². The Morgan fingerprint density at radius 3 is 2.63 bits per heavy atom. The molecule has 0 aromatic rings. The van der Waals surface area contributed by atoms with Gasteiger partial charge < -0.3 is 20.1 Å². The average Bonchev–Trinajstić information content (AvgIpc) is 2.37. The predicted octanol–water partition coefficient (Wildman–Crippen LogP) is 0.622. The summed E-state index contributed by atoms with van der Waals surface area (Å²) in [5.74, 6) is -0.129. The second-order valence-corrected chi connectivity index (χ2v) is 5.59. The minimum Gasteiger partial charge on any atom is -0.466 e. The van der Waals surface area contributed by atoms with Gasteiger partial charge in [-0.05, 0) is 46.7 Å². The number of nitrogens with zero attached hydrogens (tertiary/aromatic N) is 1. The molecule has 0 amide bonds. The fourth-order valence-corrected chi connectivity index (χ4v) is 2.69. The molecule has 1 fully saturated rings. The number of carbonyl (C=O) groups excluding carboxylic acids is 1. The van der Waals surface area contributed by atoms with Gasteiger partial charge in [-0.15, -0.1) is 0 Å². The van der Waals surface area contributed by atoms with Gasteiger partial charge in [0.25, 0.3) is 0 Å². The zero-order chi connectivity index (χ0) is 14.3. The van der Waals surface area contributed by atoms with Crippen molar-refractivity contribution in [1.82, 2.24) is 10.2 Å². The minimum absolute atomic E-state index is 0.0251. The van der Waals surface area contributed by atoms with Crippen molar-refractivity contribution >= 4 is 5.97 Å². The van der Waals surface area contributed by atoms with Crippen molar-refractivity contribution in [3.05, 3.63) is 0 Å². The number of likely N-dealkylation sites (N-methyl/N-ethyl adjacent to an activating group) is 2. The van der Waals surface area contributed by atoms with Gasteiger partial charge in [0.05, 0.1) is 18.1 Å². The Labute approximate surface area is 116 Å². The van der Waals surface area contributed by atoms with Crippen molar-refractivity contribution < 1.29 is 14.6 Å². The second kappa shape index (κ2) is 7.82. The molecule has 0 aliphatic heterocycles. The standard InChI is InChI=1S/C14H28N2O3/c1-4-19-13(17)12-5-7-14(18,8-6-12)11-16(3)10-9-15-2/h12,15,18H,4-11H2,1-3H3. The van der Waals surface area contributed by atoms with E-state index in [1.807, 2.05) is 21.0 Å². The second-order valence-electron chi connectivity index (χ2n) is 5.59. The molecule has 19 heavy (non-hydrogen) atoms. The lowest BCUT2D eigenvalue weighted by molar-refractivity contribution is -0.151. The third-order valence-corrected chi connectivity index (χ3v) is 3.84. The topological polar surface area (TPSA) is 61.8 Å². The quantitative estimate of drug-likeness (QED) is 0.665. The van der Waals surface area contributed by atoms with E-state index in [4.69, 9.17) is 4.74 Å². The summed E-state index contributed by atoms with van der Waals surface area (Å²) in [6.07, 6.45) is 2.82. The van der Waals surface area contributed by atoms with Gasteiger partial charge in [0.2, 0.25) is 0 Å². The Hall–Kier alpha value is -0.650. The minimum atomic E-state index is -0.647. The van der Waals surface area contributed by atoms with Crippen LogP contribution >= 0.6 is 0 Å². The molecule has 0 unspecified atom stereocenters. The van der Waals surface area contributed by atoms with Crippen molar-refractivity contribution in [2.24, 2.45) is 5.92 Å². The zero-order valence-corrected chi connectivity index (χ0v) is 12.4. The van der Waals surface area contributed by atoms with E-state index in [1.165, 1.54) is 0 Å². The van der Waals surface area contributed by atoms with Crippen molar-refractivity contribution in [2.75, 3.05) is 40.3 Å². The summed E-state index contributed by atoms with van der Waals surface area (Å²) in [7, 11) is 3.94. The summed E-state index contributed by atoms with van der Waals surface area (Å²) < 4.78 is 5.04. The molecule has 5 nitrogen and oxygen atoms in total. The summed E-state index contributed by atoms with van der Waals surface area (Å²) in [4.78, 5) is 13.8. The molecule has 5 heteroatoms. The van der Waals surface area contributed by atoms with Gasteiger partial charge in [-0.1, -0.05) is 0 Å². The van der Waals surface area contributed by atoms with E-state index >= 15 is 0 Å². The largest absolute Gasteiger partial charge is 0.466 e. The molecule has 0 heterocycles. The fourth-order valence-electron chi connectivity index (χ4n) is 2.69. The molecule has 0 aromatic heterocycles. The molecule has 1 aliphatic carbocycles. The van der Waals surface area contributed by atoms with Crippen LogP contribution in [0.1, 0.15) is 32.6 Å². The first-order chi connectivity index (χ1) is 9.00. The normalized spacial score (nSPS) is 27.5. The number of carbonyl (C=O) groups is 1. The van der Waals surface area contributed by atoms with Crippen molar-refractivity contribution in [3.8, 4) is 0 Å². The van der Waals surface area contributed by atoms with E-state index in [0.29, 0.717) is 26.0 Å². The maximum absolute atomic E-state index is 11.7. The van der Waals surface area contributed by atoms with E-state index in [-0.39, 0.29) is 11.9 Å². The number of aliphatic hydroxyl groups is 1. The molecular weight excluding hydrogens is 244 g/mol. The molecule has 0 aromatic carbocycles. The number of rotatable bonds is 7. The van der Waals surface area contributed by atoms with Crippen molar-refractivity contribution in [2.45, 2.75) is 38.2 Å². The highest BCUT2D eigenvalue weighted by Crippen LogP contribution is 2.33. The number of hydrogen-bond acceptors (Lipinski definition) is 5. The number of nitrogens with one attached hydrogen (secondary N) is 1. The first kappa shape index (κ1) is 16.4. The average molecular weight is 272 g/mol. The van der Waals surface area contributed by atoms with E-state index in [2.05, 4.69) is 10.2 Å². The van der Waals surface area contributed by atoms with Crippen LogP contribution in [0.2, 0.25) is 0 Å². The van der Waals surface area contributed by atoms with Gasteiger partial charge in [-0.2, -0.15) is 0 Å². The maximum atomic E-state index is 11.7. The molecule has 0 radical (unpaired) electrons. The molecule has 1 aliphatic rings. The Kier molecular flexibility index (Phi) is 6.75. The Bertz CT molecular complexity index is 276. The Morgan fingerprint density at radius 2 is 2.11 bits per heavy atom. The van der Waals surface area contributed by atoms with Crippen LogP contribution in [0.25, 0.3) is 0 Å².